The molecule has 2 N–H and O–H groups in total. The molecule has 1 unspecified atom stereocenters. The second-order valence-corrected chi connectivity index (χ2v) is 8.17. The Labute approximate surface area is 171 Å². The second-order valence-electron chi connectivity index (χ2n) is 8.17. The molecular formula is C23H31FO5. The molecule has 1 aliphatic heterocycles. The molecule has 3 rings (SSSR count). The molecule has 1 aliphatic carbocycles. The number of aliphatic hydroxyl groups excluding tert-OH is 1. The third-order valence-electron chi connectivity index (χ3n) is 6.04. The van der Waals surface area contributed by atoms with Crippen LogP contribution in [-0.2, 0) is 9.53 Å². The van der Waals surface area contributed by atoms with Crippen molar-refractivity contribution < 1.29 is 28.9 Å². The van der Waals surface area contributed by atoms with Crippen LogP contribution in [0, 0.1) is 17.8 Å². The minimum Gasteiger partial charge on any atom is -0.490 e. The van der Waals surface area contributed by atoms with Crippen molar-refractivity contribution in [1.82, 2.24) is 0 Å². The number of ether oxygens (including phenoxy) is 2. The average Bonchev–Trinajstić information content (AvgIpc) is 2.87. The summed E-state index contributed by atoms with van der Waals surface area (Å²) in [7, 11) is 0. The average molecular weight is 406 g/mol. The lowest BCUT2D eigenvalue weighted by atomic mass is 9.86. The van der Waals surface area contributed by atoms with E-state index in [9.17, 15) is 14.3 Å². The quantitative estimate of drug-likeness (QED) is 0.606. The van der Waals surface area contributed by atoms with Crippen LogP contribution >= 0.6 is 0 Å². The Morgan fingerprint density at radius 2 is 2.10 bits per heavy atom. The summed E-state index contributed by atoms with van der Waals surface area (Å²) in [6.07, 6.45) is 5.65. The molecule has 1 heterocycles. The lowest BCUT2D eigenvalue weighted by molar-refractivity contribution is -0.137. The van der Waals surface area contributed by atoms with Crippen molar-refractivity contribution in [1.29, 1.82) is 0 Å². The minimum atomic E-state index is -1.24. The molecule has 1 saturated carbocycles. The summed E-state index contributed by atoms with van der Waals surface area (Å²) in [5.74, 6) is 0.285. The van der Waals surface area contributed by atoms with Crippen molar-refractivity contribution in [2.24, 2.45) is 17.8 Å². The highest BCUT2D eigenvalue weighted by Crippen LogP contribution is 2.42. The molecule has 0 amide bonds. The van der Waals surface area contributed by atoms with Gasteiger partial charge in [0.05, 0.1) is 12.2 Å². The fraction of sp³-hybridized carbons (Fsp3) is 0.609. The molecule has 0 aromatic heterocycles. The summed E-state index contributed by atoms with van der Waals surface area (Å²) in [5, 5.41) is 19.2. The zero-order valence-corrected chi connectivity index (χ0v) is 16.7. The van der Waals surface area contributed by atoms with Gasteiger partial charge in [-0.2, -0.15) is 0 Å². The van der Waals surface area contributed by atoms with Crippen LogP contribution in [0.25, 0.3) is 0 Å². The zero-order valence-electron chi connectivity index (χ0n) is 16.7. The van der Waals surface area contributed by atoms with Gasteiger partial charge in [0, 0.05) is 25.4 Å². The Hall–Kier alpha value is -1.92. The highest BCUT2D eigenvalue weighted by molar-refractivity contribution is 5.66. The smallest absolute Gasteiger partial charge is 0.303 e. The monoisotopic (exact) mass is 406 g/mol. The van der Waals surface area contributed by atoms with Gasteiger partial charge in [0.2, 0.25) is 0 Å². The fourth-order valence-electron chi connectivity index (χ4n) is 4.48. The van der Waals surface area contributed by atoms with E-state index in [4.69, 9.17) is 14.6 Å². The SMILES string of the molecule is O=C(O)CCC[C@H]1CC[C@@H]2[C@@H](C=CC(F)COc3ccccc3)[C@H](O)C[C@@H]2OC1. The molecule has 0 radical (unpaired) electrons. The van der Waals surface area contributed by atoms with Gasteiger partial charge in [0.15, 0.2) is 6.17 Å². The highest BCUT2D eigenvalue weighted by Gasteiger charge is 2.43. The number of carboxylic acid groups (broad SMARTS) is 1. The van der Waals surface area contributed by atoms with Gasteiger partial charge in [-0.15, -0.1) is 0 Å². The molecular weight excluding hydrogens is 375 g/mol. The lowest BCUT2D eigenvalue weighted by Gasteiger charge is -2.21. The topological polar surface area (TPSA) is 76.0 Å². The number of aliphatic carboxylic acids is 1. The fourth-order valence-corrected chi connectivity index (χ4v) is 4.48. The van der Waals surface area contributed by atoms with E-state index in [1.54, 1.807) is 18.2 Å². The molecule has 1 aromatic carbocycles. The third-order valence-corrected chi connectivity index (χ3v) is 6.04. The Kier molecular flexibility index (Phi) is 8.07. The number of carbonyl (C=O) groups is 1. The highest BCUT2D eigenvalue weighted by atomic mass is 19.1. The second kappa shape index (κ2) is 10.7. The Balaban J connectivity index is 1.49. The van der Waals surface area contributed by atoms with Crippen LogP contribution in [0.15, 0.2) is 42.5 Å². The zero-order chi connectivity index (χ0) is 20.6. The number of aliphatic hydroxyl groups is 1. The summed E-state index contributed by atoms with van der Waals surface area (Å²) < 4.78 is 25.8. The van der Waals surface area contributed by atoms with Crippen molar-refractivity contribution in [2.45, 2.75) is 56.9 Å². The molecule has 6 heteroatoms. The first kappa shape index (κ1) is 21.8. The van der Waals surface area contributed by atoms with E-state index in [2.05, 4.69) is 0 Å². The van der Waals surface area contributed by atoms with Crippen LogP contribution in [0.1, 0.15) is 38.5 Å². The number of rotatable bonds is 9. The number of carboxylic acids is 1. The van der Waals surface area contributed by atoms with Crippen molar-refractivity contribution in [3.63, 3.8) is 0 Å². The number of alkyl halides is 1. The van der Waals surface area contributed by atoms with Gasteiger partial charge in [-0.05, 0) is 49.7 Å². The van der Waals surface area contributed by atoms with E-state index in [-0.39, 0.29) is 31.0 Å². The van der Waals surface area contributed by atoms with E-state index in [0.29, 0.717) is 31.1 Å². The molecule has 1 saturated heterocycles. The van der Waals surface area contributed by atoms with Crippen LogP contribution in [0.3, 0.4) is 0 Å². The third kappa shape index (κ3) is 6.54. The lowest BCUT2D eigenvalue weighted by Crippen LogP contribution is -2.21. The van der Waals surface area contributed by atoms with Crippen LogP contribution in [0.4, 0.5) is 4.39 Å². The largest absolute Gasteiger partial charge is 0.490 e. The first-order chi connectivity index (χ1) is 14.0. The van der Waals surface area contributed by atoms with Crippen LogP contribution < -0.4 is 4.74 Å². The molecule has 2 fully saturated rings. The summed E-state index contributed by atoms with van der Waals surface area (Å²) >= 11 is 0. The van der Waals surface area contributed by atoms with Gasteiger partial charge in [-0.3, -0.25) is 4.79 Å². The van der Waals surface area contributed by atoms with Gasteiger partial charge in [-0.25, -0.2) is 4.39 Å². The van der Waals surface area contributed by atoms with Gasteiger partial charge in [-0.1, -0.05) is 30.4 Å². The molecule has 29 heavy (non-hydrogen) atoms. The molecule has 2 aliphatic rings. The Morgan fingerprint density at radius 3 is 2.86 bits per heavy atom. The molecule has 0 spiro atoms. The van der Waals surface area contributed by atoms with Crippen LogP contribution in [0.2, 0.25) is 0 Å². The van der Waals surface area contributed by atoms with Gasteiger partial charge in [0.1, 0.15) is 12.4 Å². The number of hydrogen-bond donors (Lipinski definition) is 2. The first-order valence-corrected chi connectivity index (χ1v) is 10.5. The minimum absolute atomic E-state index is 0.0113. The molecule has 1 aromatic rings. The maximum absolute atomic E-state index is 14.3. The number of fused-ring (bicyclic) bond motifs is 1. The van der Waals surface area contributed by atoms with Crippen molar-refractivity contribution in [3.8, 4) is 5.75 Å². The first-order valence-electron chi connectivity index (χ1n) is 10.5. The Morgan fingerprint density at radius 1 is 1.31 bits per heavy atom. The molecule has 5 nitrogen and oxygen atoms in total. The predicted molar refractivity (Wildman–Crippen MR) is 108 cm³/mol. The van der Waals surface area contributed by atoms with Gasteiger partial charge < -0.3 is 19.7 Å². The van der Waals surface area contributed by atoms with Crippen LogP contribution in [0.5, 0.6) is 5.75 Å². The van der Waals surface area contributed by atoms with Crippen molar-refractivity contribution in [2.75, 3.05) is 13.2 Å². The molecule has 6 atom stereocenters. The maximum atomic E-state index is 14.3. The van der Waals surface area contributed by atoms with Crippen LogP contribution in [-0.4, -0.2) is 47.8 Å². The van der Waals surface area contributed by atoms with E-state index < -0.39 is 18.2 Å². The molecule has 0 bridgehead atoms. The van der Waals surface area contributed by atoms with Gasteiger partial charge >= 0.3 is 5.97 Å². The van der Waals surface area contributed by atoms with E-state index >= 15 is 0 Å². The Bertz CT molecular complexity index is 664. The number of benzene rings is 1. The van der Waals surface area contributed by atoms with Gasteiger partial charge in [0.25, 0.3) is 0 Å². The number of hydrogen-bond acceptors (Lipinski definition) is 4. The predicted octanol–water partition coefficient (Wildman–Crippen LogP) is 4.01. The standard InChI is InChI=1S/C23H31FO5/c24-17(15-28-18-6-2-1-3-7-18)10-12-19-20-11-9-16(5-4-8-23(26)27)14-29-22(20)13-21(19)25/h1-3,6-7,10,12,16-17,19-22,25H,4-5,8-9,11,13-15H2,(H,26,27)/t16-,17?,19+,20+,21+,22-/m0/s1. The van der Waals surface area contributed by atoms with Crippen molar-refractivity contribution >= 4 is 5.97 Å². The number of halogens is 1. The molecule has 160 valence electrons. The normalized spacial score (nSPS) is 30.6. The summed E-state index contributed by atoms with van der Waals surface area (Å²) in [6, 6.07) is 9.14. The number of para-hydroxylation sites is 1. The maximum Gasteiger partial charge on any atom is 0.303 e. The van der Waals surface area contributed by atoms with E-state index in [1.807, 2.05) is 18.2 Å². The van der Waals surface area contributed by atoms with E-state index in [1.165, 1.54) is 6.08 Å². The summed E-state index contributed by atoms with van der Waals surface area (Å²) in [4.78, 5) is 10.7. The summed E-state index contributed by atoms with van der Waals surface area (Å²) in [6.45, 7) is 0.556. The van der Waals surface area contributed by atoms with Crippen molar-refractivity contribution in [3.05, 3.63) is 42.5 Å². The van der Waals surface area contributed by atoms with E-state index in [0.717, 1.165) is 19.3 Å². The summed E-state index contributed by atoms with van der Waals surface area (Å²) in [5.41, 5.74) is 0.